The third-order valence-electron chi connectivity index (χ3n) is 18.8. The Balaban J connectivity index is 1.28. The number of rotatable bonds is 7. The number of imidazole rings is 1. The summed E-state index contributed by atoms with van der Waals surface area (Å²) in [5.74, 6) is -1.01. The number of nitrogens with one attached hydrogen (secondary N) is 1. The van der Waals surface area contributed by atoms with Crippen LogP contribution in [-0.2, 0) is 4.79 Å². The van der Waals surface area contributed by atoms with Crippen molar-refractivity contribution in [2.75, 3.05) is 18.9 Å². The third-order valence-corrected chi connectivity index (χ3v) is 21.8. The van der Waals surface area contributed by atoms with Gasteiger partial charge in [0, 0.05) is 59.8 Å². The van der Waals surface area contributed by atoms with E-state index in [1.54, 1.807) is 18.6 Å². The molecule has 15 unspecified atom stereocenters. The minimum absolute atomic E-state index is 0.0268. The predicted octanol–water partition coefficient (Wildman–Crippen LogP) is 7.09. The number of carbonyl (C=O) groups excluding carboxylic acids is 1. The van der Waals surface area contributed by atoms with Gasteiger partial charge in [-0.2, -0.15) is 0 Å². The first-order valence-electron chi connectivity index (χ1n) is 25.1. The van der Waals surface area contributed by atoms with Gasteiger partial charge in [0.2, 0.25) is 0 Å². The normalized spacial score (nSPS) is 43.8. The lowest BCUT2D eigenvalue weighted by atomic mass is 9.42. The molecule has 1 spiro atoms. The number of aliphatic imine (C=N–C) groups is 1. The van der Waals surface area contributed by atoms with Crippen molar-refractivity contribution in [3.05, 3.63) is 41.5 Å². The first-order chi connectivity index (χ1) is 30.8. The second-order valence-electron chi connectivity index (χ2n) is 23.2. The number of hydrogen-bond acceptors (Lipinski definition) is 11. The minimum atomic E-state index is -1.47. The molecule has 5 saturated carbocycles. The highest BCUT2D eigenvalue weighted by Gasteiger charge is 2.73. The van der Waals surface area contributed by atoms with Crippen LogP contribution in [0.5, 0.6) is 0 Å². The zero-order valence-electron chi connectivity index (χ0n) is 40.0. The maximum Gasteiger partial charge on any atom is 0.190 e. The lowest BCUT2D eigenvalue weighted by Crippen LogP contribution is -2.65. The van der Waals surface area contributed by atoms with Gasteiger partial charge in [0.05, 0.1) is 30.2 Å². The Bertz CT molecular complexity index is 1950. The van der Waals surface area contributed by atoms with E-state index in [9.17, 15) is 35.4 Å². The van der Waals surface area contributed by atoms with Crippen molar-refractivity contribution in [3.63, 3.8) is 0 Å². The van der Waals surface area contributed by atoms with Crippen molar-refractivity contribution in [1.29, 1.82) is 0 Å². The summed E-state index contributed by atoms with van der Waals surface area (Å²) in [7, 11) is 3.65. The van der Waals surface area contributed by atoms with E-state index < -0.39 is 46.9 Å². The molecule has 2 heterocycles. The quantitative estimate of drug-likeness (QED) is 0.0454. The van der Waals surface area contributed by atoms with Crippen LogP contribution in [0.3, 0.4) is 0 Å². The van der Waals surface area contributed by atoms with Crippen LogP contribution in [-0.4, -0.2) is 106 Å². The molecule has 15 atom stereocenters. The average molecular weight is 940 g/mol. The van der Waals surface area contributed by atoms with E-state index in [4.69, 9.17) is 10.7 Å². The van der Waals surface area contributed by atoms with Gasteiger partial charge in [-0.3, -0.25) is 9.79 Å². The molecule has 7 aliphatic rings. The maximum atomic E-state index is 14.7. The molecule has 364 valence electrons. The van der Waals surface area contributed by atoms with Gasteiger partial charge in [0.1, 0.15) is 6.23 Å². The van der Waals surface area contributed by atoms with Crippen molar-refractivity contribution in [2.24, 2.45) is 67.9 Å². The SMILES string of the molecule is CC(O)NC(N)=NCC1CC2(C)C3CC(C(CCCO)SSCC(n4ccnc4)CC(C)(C)C(=C4CCCC5(CCCC5)C4)CC(O)C3C)C2(O)C2=CC(=O)C3CC(O)C(O)CC3(C)C21. The van der Waals surface area contributed by atoms with E-state index >= 15 is 0 Å². The lowest BCUT2D eigenvalue weighted by Gasteiger charge is -2.63. The van der Waals surface area contributed by atoms with Gasteiger partial charge in [-0.1, -0.05) is 80.2 Å². The second-order valence-corrected chi connectivity index (χ2v) is 25.9. The number of aliphatic hydroxyl groups excluding tert-OH is 5. The summed E-state index contributed by atoms with van der Waals surface area (Å²) < 4.78 is 2.25. The summed E-state index contributed by atoms with van der Waals surface area (Å²) >= 11 is 0. The Morgan fingerprint density at radius 3 is 2.46 bits per heavy atom. The number of aromatic nitrogens is 2. The number of ketones is 1. The molecule has 2 bridgehead atoms. The Labute approximate surface area is 396 Å². The van der Waals surface area contributed by atoms with Crippen LogP contribution >= 0.6 is 21.6 Å². The monoisotopic (exact) mass is 940 g/mol. The van der Waals surface area contributed by atoms with Gasteiger partial charge in [0.15, 0.2) is 11.7 Å². The van der Waals surface area contributed by atoms with E-state index in [1.807, 2.05) is 34.1 Å². The summed E-state index contributed by atoms with van der Waals surface area (Å²) in [6.07, 6.45) is 18.0. The smallest absolute Gasteiger partial charge is 0.190 e. The average Bonchev–Trinajstić information content (AvgIpc) is 4.00. The molecule has 8 rings (SSSR count). The lowest BCUT2D eigenvalue weighted by molar-refractivity contribution is -0.170. The number of carbonyl (C=O) groups is 1. The van der Waals surface area contributed by atoms with Crippen LogP contribution in [0.2, 0.25) is 0 Å². The number of hydrogen-bond donors (Lipinski definition) is 8. The number of guanidine groups is 1. The summed E-state index contributed by atoms with van der Waals surface area (Å²) in [6.45, 7) is 13.1. The van der Waals surface area contributed by atoms with Gasteiger partial charge < -0.3 is 46.3 Å². The fraction of sp³-hybridized carbons (Fsp3) is 0.824. The first kappa shape index (κ1) is 49.5. The van der Waals surface area contributed by atoms with E-state index in [1.165, 1.54) is 44.1 Å². The second kappa shape index (κ2) is 19.1. The summed E-state index contributed by atoms with van der Waals surface area (Å²) in [6, 6.07) is 0.130. The largest absolute Gasteiger partial charge is 0.396 e. The van der Waals surface area contributed by atoms with Crippen LogP contribution < -0.4 is 11.1 Å². The van der Waals surface area contributed by atoms with Gasteiger partial charge in [-0.15, -0.1) is 0 Å². The highest BCUT2D eigenvalue weighted by Crippen LogP contribution is 2.73. The third kappa shape index (κ3) is 9.09. The Kier molecular flexibility index (Phi) is 14.6. The van der Waals surface area contributed by atoms with Gasteiger partial charge in [-0.25, -0.2) is 4.98 Å². The van der Waals surface area contributed by atoms with Crippen LogP contribution in [0.15, 0.2) is 46.5 Å². The van der Waals surface area contributed by atoms with Gasteiger partial charge in [-0.05, 0) is 148 Å². The fourth-order valence-corrected chi connectivity index (χ4v) is 19.1. The minimum Gasteiger partial charge on any atom is -0.396 e. The predicted molar refractivity (Wildman–Crippen MR) is 259 cm³/mol. The van der Waals surface area contributed by atoms with Crippen molar-refractivity contribution in [2.45, 2.75) is 186 Å². The highest BCUT2D eigenvalue weighted by molar-refractivity contribution is 8.76. The molecule has 1 saturated heterocycles. The van der Waals surface area contributed by atoms with Crippen LogP contribution in [0.4, 0.5) is 0 Å². The summed E-state index contributed by atoms with van der Waals surface area (Å²) in [5, 5.41) is 73.0. The van der Waals surface area contributed by atoms with E-state index in [2.05, 4.69) is 55.7 Å². The molecule has 14 heteroatoms. The van der Waals surface area contributed by atoms with Crippen LogP contribution in [0.25, 0.3) is 0 Å². The number of aliphatic hydroxyl groups is 6. The molecule has 12 nitrogen and oxygen atoms in total. The highest BCUT2D eigenvalue weighted by atomic mass is 33.1. The molecule has 6 aliphatic carbocycles. The molecule has 9 N–H and O–H groups in total. The van der Waals surface area contributed by atoms with Crippen molar-refractivity contribution < 1.29 is 35.4 Å². The standard InChI is InChI=1S/C51H81N5O7S2/c1-30-35-19-38(51(63)39-22-41(60)37-21-42(61)43(62)26-48(37,5)45(39)33(23-49(35,51)6)27-54-46(52)55-31(2)58)44(12-10-18-57)65-64-28-34(56-17-16-53-29-56)25-47(3,4)36(20-40(30)59)32-11-9-15-50(24-32)13-7-8-14-50/h16-17,22,29-31,33-35,37-38,40,42-45,57-59,61-63H,7-15,18-21,23-28H2,1-6H3,(H3,52,54,55). The molecular weight excluding hydrogens is 859 g/mol. The van der Waals surface area contributed by atoms with E-state index in [0.717, 1.165) is 25.0 Å². The summed E-state index contributed by atoms with van der Waals surface area (Å²) in [5.41, 5.74) is 7.11. The first-order valence-corrected chi connectivity index (χ1v) is 27.5. The zero-order valence-corrected chi connectivity index (χ0v) is 41.6. The summed E-state index contributed by atoms with van der Waals surface area (Å²) in [4.78, 5) is 24.0. The molecule has 0 radical (unpaired) electrons. The van der Waals surface area contributed by atoms with E-state index in [-0.39, 0.29) is 84.0 Å². The number of nitrogens with zero attached hydrogens (tertiary/aromatic N) is 3. The van der Waals surface area contributed by atoms with Gasteiger partial charge >= 0.3 is 0 Å². The van der Waals surface area contributed by atoms with Crippen molar-refractivity contribution in [1.82, 2.24) is 14.9 Å². The van der Waals surface area contributed by atoms with Gasteiger partial charge in [0.25, 0.3) is 0 Å². The Hall–Kier alpha value is -1.91. The van der Waals surface area contributed by atoms with E-state index in [0.29, 0.717) is 43.1 Å². The number of nitrogens with two attached hydrogens (primary N) is 1. The Morgan fingerprint density at radius 1 is 1.03 bits per heavy atom. The molecule has 1 aromatic heterocycles. The number of fused-ring (bicyclic) bond motifs is 9. The fourth-order valence-electron chi connectivity index (χ4n) is 15.7. The van der Waals surface area contributed by atoms with Crippen molar-refractivity contribution >= 4 is 33.3 Å². The molecule has 1 aliphatic heterocycles. The van der Waals surface area contributed by atoms with Crippen LogP contribution in [0.1, 0.15) is 150 Å². The molecule has 1 aromatic rings. The Morgan fingerprint density at radius 2 is 1.77 bits per heavy atom. The molecule has 6 fully saturated rings. The molecule has 65 heavy (non-hydrogen) atoms. The topological polar surface area (TPSA) is 207 Å². The van der Waals surface area contributed by atoms with Crippen molar-refractivity contribution in [3.8, 4) is 0 Å². The maximum absolute atomic E-state index is 14.7. The molecule has 0 amide bonds. The number of allylic oxidation sites excluding steroid dienone is 2. The zero-order chi connectivity index (χ0) is 46.7. The van der Waals surface area contributed by atoms with Crippen LogP contribution in [0, 0.1) is 57.2 Å². The molecule has 0 aromatic carbocycles. The molecular formula is C51H81N5O7S2.